The number of rotatable bonds is 1. The molecule has 0 radical (unpaired) electrons. The van der Waals surface area contributed by atoms with E-state index in [1.807, 2.05) is 6.92 Å². The number of nitrogens with zero attached hydrogens (tertiary/aromatic N) is 1. The Morgan fingerprint density at radius 3 is 2.82 bits per heavy atom. The number of aliphatic hydroxyl groups excluding tert-OH is 1. The van der Waals surface area contributed by atoms with E-state index in [9.17, 15) is 5.11 Å². The van der Waals surface area contributed by atoms with Gasteiger partial charge in [0.15, 0.2) is 12.2 Å². The number of hydrogen-bond donors (Lipinski definition) is 2. The van der Waals surface area contributed by atoms with Crippen molar-refractivity contribution in [1.82, 2.24) is 5.32 Å². The Morgan fingerprint density at radius 2 is 2.07 bits per heavy atom. The summed E-state index contributed by atoms with van der Waals surface area (Å²) in [4.78, 5) is 0. The molecule has 2 N–H and O–H groups in total. The topological polar surface area (TPSA) is 36.1 Å². The molecule has 2 aromatic rings. The van der Waals surface area contributed by atoms with Crippen molar-refractivity contribution in [3.8, 4) is 11.3 Å². The lowest BCUT2D eigenvalue weighted by molar-refractivity contribution is -0.740. The van der Waals surface area contributed by atoms with Crippen molar-refractivity contribution in [3.05, 3.63) is 90.0 Å². The summed E-state index contributed by atoms with van der Waals surface area (Å²) in [7, 11) is 0. The normalized spacial score (nSPS) is 32.9. The molecule has 0 amide bonds. The summed E-state index contributed by atoms with van der Waals surface area (Å²) in [5.74, 6) is 0.702. The van der Waals surface area contributed by atoms with Gasteiger partial charge in [0.2, 0.25) is 5.69 Å². The molecule has 1 aromatic carbocycles. The number of nitrogens with one attached hydrogen (secondary N) is 1. The summed E-state index contributed by atoms with van der Waals surface area (Å²) in [6.07, 6.45) is 9.65. The fraction of sp³-hybridized carbons (Fsp3) is 0.320. The van der Waals surface area contributed by atoms with E-state index in [4.69, 9.17) is 0 Å². The summed E-state index contributed by atoms with van der Waals surface area (Å²) in [5.41, 5.74) is 7.31. The first-order valence-electron chi connectivity index (χ1n) is 10.2. The van der Waals surface area contributed by atoms with E-state index in [2.05, 4.69) is 78.1 Å². The lowest BCUT2D eigenvalue weighted by Crippen LogP contribution is -2.75. The molecule has 1 aromatic heterocycles. The Kier molecular flexibility index (Phi) is 3.77. The number of pyridine rings is 1. The van der Waals surface area contributed by atoms with Crippen LogP contribution in [0.2, 0.25) is 0 Å². The SMILES string of the molecule is C=CC1C2C(c3ccccc3-c3ccc(C)c[n+]32)C12CCC(=C/O)/C(=C/C)N2. The van der Waals surface area contributed by atoms with Crippen LogP contribution in [0.5, 0.6) is 0 Å². The van der Waals surface area contributed by atoms with E-state index >= 15 is 0 Å². The smallest absolute Gasteiger partial charge is 0.213 e. The minimum Gasteiger partial charge on any atom is -0.515 e. The highest BCUT2D eigenvalue weighted by Crippen LogP contribution is 2.63. The summed E-state index contributed by atoms with van der Waals surface area (Å²) >= 11 is 0. The van der Waals surface area contributed by atoms with Gasteiger partial charge in [-0.3, -0.25) is 0 Å². The molecule has 3 heteroatoms. The van der Waals surface area contributed by atoms with Crippen LogP contribution in [-0.4, -0.2) is 10.6 Å². The van der Waals surface area contributed by atoms with Gasteiger partial charge in [0.25, 0.3) is 0 Å². The summed E-state index contributed by atoms with van der Waals surface area (Å²) in [6, 6.07) is 13.7. The van der Waals surface area contributed by atoms with Crippen molar-refractivity contribution in [2.75, 3.05) is 0 Å². The monoisotopic (exact) mass is 371 g/mol. The number of hydrogen-bond acceptors (Lipinski definition) is 2. The summed E-state index contributed by atoms with van der Waals surface area (Å²) in [6.45, 7) is 8.42. The Hall–Kier alpha value is -2.81. The van der Waals surface area contributed by atoms with Crippen LogP contribution >= 0.6 is 0 Å². The highest BCUT2D eigenvalue weighted by atomic mass is 16.2. The van der Waals surface area contributed by atoms with E-state index in [0.717, 1.165) is 24.1 Å². The molecule has 3 nitrogen and oxygen atoms in total. The van der Waals surface area contributed by atoms with E-state index < -0.39 is 0 Å². The first-order chi connectivity index (χ1) is 13.6. The minimum absolute atomic E-state index is 0.0642. The zero-order valence-electron chi connectivity index (χ0n) is 16.5. The van der Waals surface area contributed by atoms with E-state index in [1.54, 1.807) is 0 Å². The molecule has 5 rings (SSSR count). The average molecular weight is 372 g/mol. The molecule has 1 saturated heterocycles. The lowest BCUT2D eigenvalue weighted by Gasteiger charge is -2.61. The molecular weight excluding hydrogens is 344 g/mol. The number of aryl methyl sites for hydroxylation is 1. The van der Waals surface area contributed by atoms with Gasteiger partial charge in [0, 0.05) is 28.5 Å². The molecule has 0 bridgehead atoms. The molecule has 142 valence electrons. The van der Waals surface area contributed by atoms with Crippen molar-refractivity contribution in [3.63, 3.8) is 0 Å². The maximum absolute atomic E-state index is 9.66. The van der Waals surface area contributed by atoms with Crippen LogP contribution < -0.4 is 9.88 Å². The standard InChI is InChI=1S/C25H26N2O/c1-4-20-24-23(25(20)13-12-17(15-28)21(5-2)26-25)19-9-7-6-8-18(19)22-11-10-16(3)14-27(22)24/h4-11,14-15,20,23-24,26H,1,12-13H2,2-3H3/p+1/b17-15-,21-5-. The summed E-state index contributed by atoms with van der Waals surface area (Å²) < 4.78 is 2.48. The van der Waals surface area contributed by atoms with Gasteiger partial charge in [-0.1, -0.05) is 30.4 Å². The quantitative estimate of drug-likeness (QED) is 0.426. The van der Waals surface area contributed by atoms with Gasteiger partial charge in [-0.2, -0.15) is 4.57 Å². The molecule has 3 heterocycles. The van der Waals surface area contributed by atoms with Gasteiger partial charge in [0.05, 0.1) is 23.6 Å². The van der Waals surface area contributed by atoms with Crippen molar-refractivity contribution in [2.24, 2.45) is 5.92 Å². The van der Waals surface area contributed by atoms with Crippen LogP contribution in [0.15, 0.2) is 78.9 Å². The molecule has 2 aliphatic heterocycles. The predicted octanol–water partition coefficient (Wildman–Crippen LogP) is 4.87. The largest absolute Gasteiger partial charge is 0.515 e. The number of aromatic nitrogens is 1. The molecule has 3 aliphatic rings. The van der Waals surface area contributed by atoms with Crippen molar-refractivity contribution < 1.29 is 9.67 Å². The first kappa shape index (κ1) is 17.3. The Labute approximate surface area is 166 Å². The molecule has 2 fully saturated rings. The fourth-order valence-electron chi connectivity index (χ4n) is 5.90. The van der Waals surface area contributed by atoms with Gasteiger partial charge in [0.1, 0.15) is 0 Å². The van der Waals surface area contributed by atoms with Crippen LogP contribution in [-0.2, 0) is 0 Å². The van der Waals surface area contributed by atoms with Crippen molar-refractivity contribution in [1.29, 1.82) is 0 Å². The third-order valence-electron chi connectivity index (χ3n) is 7.10. The Bertz CT molecular complexity index is 1030. The summed E-state index contributed by atoms with van der Waals surface area (Å²) in [5, 5.41) is 13.5. The highest BCUT2D eigenvalue weighted by Gasteiger charge is 2.69. The molecule has 1 spiro atoms. The van der Waals surface area contributed by atoms with Crippen LogP contribution in [0.3, 0.4) is 0 Å². The third-order valence-corrected chi connectivity index (χ3v) is 7.10. The van der Waals surface area contributed by atoms with E-state index in [0.29, 0.717) is 17.9 Å². The Morgan fingerprint density at radius 1 is 1.25 bits per heavy atom. The molecule has 28 heavy (non-hydrogen) atoms. The average Bonchev–Trinajstić information content (AvgIpc) is 2.72. The second-order valence-corrected chi connectivity index (χ2v) is 8.34. The van der Waals surface area contributed by atoms with Crippen molar-refractivity contribution in [2.45, 2.75) is 44.2 Å². The molecule has 1 saturated carbocycles. The zero-order valence-corrected chi connectivity index (χ0v) is 16.5. The number of piperidine rings is 1. The molecule has 1 aliphatic carbocycles. The first-order valence-corrected chi connectivity index (χ1v) is 10.2. The number of allylic oxidation sites excluding steroid dienone is 2. The van der Waals surface area contributed by atoms with Crippen LogP contribution in [0.1, 0.15) is 42.9 Å². The minimum atomic E-state index is -0.0642. The molecular formula is C25H27N2O+. The highest BCUT2D eigenvalue weighted by molar-refractivity contribution is 5.66. The second-order valence-electron chi connectivity index (χ2n) is 8.34. The van der Waals surface area contributed by atoms with Crippen LogP contribution in [0.4, 0.5) is 0 Å². The zero-order chi connectivity index (χ0) is 19.5. The maximum Gasteiger partial charge on any atom is 0.213 e. The van der Waals surface area contributed by atoms with Gasteiger partial charge in [-0.25, -0.2) is 0 Å². The van der Waals surface area contributed by atoms with Crippen molar-refractivity contribution >= 4 is 0 Å². The lowest BCUT2D eigenvalue weighted by atomic mass is 9.48. The maximum atomic E-state index is 9.66. The number of aliphatic hydroxyl groups is 1. The van der Waals surface area contributed by atoms with Crippen LogP contribution in [0.25, 0.3) is 11.3 Å². The Balaban J connectivity index is 1.70. The molecule has 4 unspecified atom stereocenters. The van der Waals surface area contributed by atoms with Gasteiger partial charge in [-0.05, 0) is 44.4 Å². The predicted molar refractivity (Wildman–Crippen MR) is 112 cm³/mol. The van der Waals surface area contributed by atoms with Crippen LogP contribution in [0, 0.1) is 12.8 Å². The second kappa shape index (κ2) is 6.10. The van der Waals surface area contributed by atoms with Gasteiger partial charge >= 0.3 is 0 Å². The van der Waals surface area contributed by atoms with E-state index in [-0.39, 0.29) is 5.54 Å². The third kappa shape index (κ3) is 2.07. The van der Waals surface area contributed by atoms with E-state index in [1.165, 1.54) is 28.6 Å². The number of fused-ring (bicyclic) bond motifs is 7. The molecule has 4 atom stereocenters. The van der Waals surface area contributed by atoms with Gasteiger partial charge < -0.3 is 10.4 Å². The fourth-order valence-corrected chi connectivity index (χ4v) is 5.90. The number of benzene rings is 1. The van der Waals surface area contributed by atoms with Gasteiger partial charge in [-0.15, -0.1) is 6.58 Å².